The van der Waals surface area contributed by atoms with E-state index in [1.54, 1.807) is 0 Å². The van der Waals surface area contributed by atoms with Crippen molar-refractivity contribution in [3.63, 3.8) is 0 Å². The molecule has 1 heterocycles. The SMILES string of the molecule is Cc1cc(N(C)CC(=O)N2CCCCC2)ccc1Br. The highest BCUT2D eigenvalue weighted by molar-refractivity contribution is 9.10. The summed E-state index contributed by atoms with van der Waals surface area (Å²) in [6.07, 6.45) is 3.55. The highest BCUT2D eigenvalue weighted by Gasteiger charge is 2.18. The van der Waals surface area contributed by atoms with Gasteiger partial charge in [0.05, 0.1) is 6.54 Å². The minimum atomic E-state index is 0.239. The fraction of sp³-hybridized carbons (Fsp3) is 0.533. The molecule has 0 radical (unpaired) electrons. The first kappa shape index (κ1) is 14.4. The molecule has 1 aromatic carbocycles. The van der Waals surface area contributed by atoms with Crippen molar-refractivity contribution >= 4 is 27.5 Å². The number of carbonyl (C=O) groups excluding carboxylic acids is 1. The Labute approximate surface area is 123 Å². The lowest BCUT2D eigenvalue weighted by molar-refractivity contribution is -0.130. The number of amides is 1. The molecule has 104 valence electrons. The number of carbonyl (C=O) groups is 1. The third kappa shape index (κ3) is 3.72. The van der Waals surface area contributed by atoms with Crippen LogP contribution in [-0.2, 0) is 4.79 Å². The smallest absolute Gasteiger partial charge is 0.242 e. The number of hydrogen-bond donors (Lipinski definition) is 0. The summed E-state index contributed by atoms with van der Waals surface area (Å²) in [4.78, 5) is 16.2. The summed E-state index contributed by atoms with van der Waals surface area (Å²) in [6.45, 7) is 4.37. The van der Waals surface area contributed by atoms with Gasteiger partial charge in [0, 0.05) is 30.3 Å². The van der Waals surface area contributed by atoms with E-state index in [0.29, 0.717) is 6.54 Å². The first-order valence-electron chi connectivity index (χ1n) is 6.83. The van der Waals surface area contributed by atoms with Gasteiger partial charge in [-0.25, -0.2) is 0 Å². The van der Waals surface area contributed by atoms with Crippen LogP contribution >= 0.6 is 15.9 Å². The molecule has 0 saturated carbocycles. The van der Waals surface area contributed by atoms with Gasteiger partial charge in [-0.3, -0.25) is 4.79 Å². The summed E-state index contributed by atoms with van der Waals surface area (Å²) in [6, 6.07) is 6.18. The van der Waals surface area contributed by atoms with Gasteiger partial charge in [0.25, 0.3) is 0 Å². The minimum absolute atomic E-state index is 0.239. The number of likely N-dealkylation sites (tertiary alicyclic amines) is 1. The monoisotopic (exact) mass is 324 g/mol. The maximum Gasteiger partial charge on any atom is 0.242 e. The standard InChI is InChI=1S/C15H21BrN2O/c1-12-10-13(6-7-14(12)16)17(2)11-15(19)18-8-4-3-5-9-18/h6-7,10H,3-5,8-9,11H2,1-2H3. The van der Waals surface area contributed by atoms with Crippen molar-refractivity contribution in [3.8, 4) is 0 Å². The van der Waals surface area contributed by atoms with Gasteiger partial charge in [-0.2, -0.15) is 0 Å². The molecule has 1 fully saturated rings. The highest BCUT2D eigenvalue weighted by Crippen LogP contribution is 2.22. The van der Waals surface area contributed by atoms with E-state index in [2.05, 4.69) is 28.9 Å². The quantitative estimate of drug-likeness (QED) is 0.852. The maximum atomic E-state index is 12.2. The van der Waals surface area contributed by atoms with E-state index in [1.807, 2.05) is 29.0 Å². The highest BCUT2D eigenvalue weighted by atomic mass is 79.9. The fourth-order valence-electron chi connectivity index (χ4n) is 2.40. The Morgan fingerprint density at radius 1 is 1.32 bits per heavy atom. The van der Waals surface area contributed by atoms with Crippen molar-refractivity contribution in [2.45, 2.75) is 26.2 Å². The average Bonchev–Trinajstić information content (AvgIpc) is 2.42. The molecular weight excluding hydrogens is 304 g/mol. The van der Waals surface area contributed by atoms with Crippen LogP contribution in [0.4, 0.5) is 5.69 Å². The third-order valence-electron chi connectivity index (χ3n) is 3.66. The predicted molar refractivity (Wildman–Crippen MR) is 82.6 cm³/mol. The Kier molecular flexibility index (Phi) is 4.86. The van der Waals surface area contributed by atoms with Gasteiger partial charge in [0.1, 0.15) is 0 Å². The van der Waals surface area contributed by atoms with Crippen LogP contribution in [0.2, 0.25) is 0 Å². The molecule has 0 atom stereocenters. The van der Waals surface area contributed by atoms with E-state index in [9.17, 15) is 4.79 Å². The van der Waals surface area contributed by atoms with E-state index in [0.717, 1.165) is 36.1 Å². The molecule has 1 saturated heterocycles. The van der Waals surface area contributed by atoms with Gasteiger partial charge in [0.2, 0.25) is 5.91 Å². The first-order chi connectivity index (χ1) is 9.08. The Morgan fingerprint density at radius 2 is 2.00 bits per heavy atom. The van der Waals surface area contributed by atoms with Crippen LogP contribution in [0.3, 0.4) is 0 Å². The molecule has 0 N–H and O–H groups in total. The van der Waals surface area contributed by atoms with Crippen molar-refractivity contribution in [1.29, 1.82) is 0 Å². The van der Waals surface area contributed by atoms with Crippen LogP contribution < -0.4 is 4.90 Å². The van der Waals surface area contributed by atoms with Crippen molar-refractivity contribution in [3.05, 3.63) is 28.2 Å². The number of aryl methyl sites for hydroxylation is 1. The Bertz CT molecular complexity index is 455. The van der Waals surface area contributed by atoms with E-state index >= 15 is 0 Å². The zero-order valence-electron chi connectivity index (χ0n) is 11.7. The summed E-state index contributed by atoms with van der Waals surface area (Å²) < 4.78 is 1.10. The van der Waals surface area contributed by atoms with Crippen molar-refractivity contribution in [2.75, 3.05) is 31.6 Å². The zero-order chi connectivity index (χ0) is 13.8. The predicted octanol–water partition coefficient (Wildman–Crippen LogP) is 3.21. The number of piperidine rings is 1. The van der Waals surface area contributed by atoms with Gasteiger partial charge in [-0.15, -0.1) is 0 Å². The first-order valence-corrected chi connectivity index (χ1v) is 7.62. The summed E-state index contributed by atoms with van der Waals surface area (Å²) >= 11 is 3.50. The molecule has 0 aliphatic carbocycles. The molecule has 0 aromatic heterocycles. The summed E-state index contributed by atoms with van der Waals surface area (Å²) in [5.74, 6) is 0.239. The largest absolute Gasteiger partial charge is 0.365 e. The molecule has 3 nitrogen and oxygen atoms in total. The molecule has 0 spiro atoms. The van der Waals surface area contributed by atoms with Crippen LogP contribution in [0.5, 0.6) is 0 Å². The number of hydrogen-bond acceptors (Lipinski definition) is 2. The second-order valence-electron chi connectivity index (χ2n) is 5.23. The topological polar surface area (TPSA) is 23.6 Å². The van der Waals surface area contributed by atoms with Crippen molar-refractivity contribution < 1.29 is 4.79 Å². The van der Waals surface area contributed by atoms with E-state index < -0.39 is 0 Å². The molecule has 1 aromatic rings. The molecular formula is C15H21BrN2O. The molecule has 0 bridgehead atoms. The second kappa shape index (κ2) is 6.42. The van der Waals surface area contributed by atoms with Gasteiger partial charge >= 0.3 is 0 Å². The van der Waals surface area contributed by atoms with Crippen LogP contribution in [0, 0.1) is 6.92 Å². The Balaban J connectivity index is 1.97. The molecule has 1 aliphatic heterocycles. The molecule has 2 rings (SSSR count). The van der Waals surface area contributed by atoms with Gasteiger partial charge in [0.15, 0.2) is 0 Å². The van der Waals surface area contributed by atoms with E-state index in [4.69, 9.17) is 0 Å². The van der Waals surface area contributed by atoms with E-state index in [1.165, 1.54) is 12.0 Å². The number of rotatable bonds is 3. The lowest BCUT2D eigenvalue weighted by Gasteiger charge is -2.29. The Morgan fingerprint density at radius 3 is 2.63 bits per heavy atom. The minimum Gasteiger partial charge on any atom is -0.365 e. The maximum absolute atomic E-state index is 12.2. The van der Waals surface area contributed by atoms with Crippen LogP contribution in [-0.4, -0.2) is 37.5 Å². The van der Waals surface area contributed by atoms with E-state index in [-0.39, 0.29) is 5.91 Å². The zero-order valence-corrected chi connectivity index (χ0v) is 13.2. The summed E-state index contributed by atoms with van der Waals surface area (Å²) in [5.41, 5.74) is 2.28. The summed E-state index contributed by atoms with van der Waals surface area (Å²) in [7, 11) is 1.98. The number of anilines is 1. The third-order valence-corrected chi connectivity index (χ3v) is 4.55. The number of halogens is 1. The Hall–Kier alpha value is -1.03. The molecule has 1 amide bonds. The lowest BCUT2D eigenvalue weighted by atomic mass is 10.1. The normalized spacial score (nSPS) is 15.4. The van der Waals surface area contributed by atoms with Gasteiger partial charge in [-0.1, -0.05) is 15.9 Å². The number of nitrogens with zero attached hydrogens (tertiary/aromatic N) is 2. The molecule has 1 aliphatic rings. The number of benzene rings is 1. The van der Waals surface area contributed by atoms with Crippen LogP contribution in [0.25, 0.3) is 0 Å². The summed E-state index contributed by atoms with van der Waals surface area (Å²) in [5, 5.41) is 0. The van der Waals surface area contributed by atoms with Gasteiger partial charge in [-0.05, 0) is 49.9 Å². The van der Waals surface area contributed by atoms with Crippen molar-refractivity contribution in [1.82, 2.24) is 4.90 Å². The molecule has 4 heteroatoms. The van der Waals surface area contributed by atoms with Crippen molar-refractivity contribution in [2.24, 2.45) is 0 Å². The molecule has 0 unspecified atom stereocenters. The number of likely N-dealkylation sites (N-methyl/N-ethyl adjacent to an activating group) is 1. The lowest BCUT2D eigenvalue weighted by Crippen LogP contribution is -2.41. The van der Waals surface area contributed by atoms with Crippen LogP contribution in [0.1, 0.15) is 24.8 Å². The van der Waals surface area contributed by atoms with Crippen LogP contribution in [0.15, 0.2) is 22.7 Å². The average molecular weight is 325 g/mol. The van der Waals surface area contributed by atoms with Gasteiger partial charge < -0.3 is 9.80 Å². The second-order valence-corrected chi connectivity index (χ2v) is 6.09. The molecule has 19 heavy (non-hydrogen) atoms. The fourth-order valence-corrected chi connectivity index (χ4v) is 2.65.